The first-order valence-electron chi connectivity index (χ1n) is 12.9. The quantitative estimate of drug-likeness (QED) is 0.317. The molecule has 200 valence electrons. The summed E-state index contributed by atoms with van der Waals surface area (Å²) in [6.45, 7) is 2.29. The highest BCUT2D eigenvalue weighted by Gasteiger charge is 2.32. The van der Waals surface area contributed by atoms with Crippen LogP contribution in [0.4, 0.5) is 0 Å². The van der Waals surface area contributed by atoms with Crippen LogP contribution in [0.25, 0.3) is 33.2 Å². The molecule has 1 aliphatic rings. The second-order valence-corrected chi connectivity index (χ2v) is 12.2. The molecule has 0 spiro atoms. The number of carbonyl (C=O) groups excluding carboxylic acids is 1. The number of amides is 1. The first-order chi connectivity index (χ1) is 18.8. The molecule has 5 aromatic rings. The molecule has 9 nitrogen and oxygen atoms in total. The Morgan fingerprint density at radius 1 is 1.18 bits per heavy atom. The average Bonchev–Trinajstić information content (AvgIpc) is 3.63. The number of hydrogen-bond acceptors (Lipinski definition) is 6. The van der Waals surface area contributed by atoms with Crippen LogP contribution in [0.5, 0.6) is 5.75 Å². The van der Waals surface area contributed by atoms with Gasteiger partial charge in [0.15, 0.2) is 15.5 Å². The number of methoxy groups -OCH3 is 1. The number of para-hydroxylation sites is 1. The Bertz CT molecular complexity index is 1810. The maximum absolute atomic E-state index is 13.6. The number of nitrogens with one attached hydrogen (secondary N) is 2. The summed E-state index contributed by atoms with van der Waals surface area (Å²) in [5.74, 6) is 0.632. The third-order valence-corrected chi connectivity index (χ3v) is 9.13. The molecule has 6 rings (SSSR count). The molecule has 1 fully saturated rings. The zero-order valence-electron chi connectivity index (χ0n) is 21.8. The van der Waals surface area contributed by atoms with Gasteiger partial charge in [0.1, 0.15) is 5.75 Å². The maximum Gasteiger partial charge on any atom is 0.252 e. The van der Waals surface area contributed by atoms with E-state index in [4.69, 9.17) is 9.72 Å². The monoisotopic (exact) mass is 543 g/mol. The van der Waals surface area contributed by atoms with Crippen LogP contribution >= 0.6 is 0 Å². The van der Waals surface area contributed by atoms with Crippen LogP contribution < -0.4 is 10.1 Å². The molecule has 1 amide bonds. The summed E-state index contributed by atoms with van der Waals surface area (Å²) in [5.41, 5.74) is 5.25. The molecule has 3 aromatic heterocycles. The second-order valence-electron chi connectivity index (χ2n) is 9.93. The predicted molar refractivity (Wildman–Crippen MR) is 151 cm³/mol. The van der Waals surface area contributed by atoms with Gasteiger partial charge < -0.3 is 15.0 Å². The van der Waals surface area contributed by atoms with Gasteiger partial charge in [-0.2, -0.15) is 5.10 Å². The van der Waals surface area contributed by atoms with Gasteiger partial charge in [-0.3, -0.25) is 4.79 Å². The summed E-state index contributed by atoms with van der Waals surface area (Å²) >= 11 is 0. The van der Waals surface area contributed by atoms with E-state index in [1.165, 1.54) is 0 Å². The fourth-order valence-corrected chi connectivity index (χ4v) is 7.06. The summed E-state index contributed by atoms with van der Waals surface area (Å²) < 4.78 is 31.5. The van der Waals surface area contributed by atoms with E-state index in [1.807, 2.05) is 55.6 Å². The predicted octanol–water partition coefficient (Wildman–Crippen LogP) is 4.23. The Hall–Kier alpha value is -4.18. The van der Waals surface area contributed by atoms with Crippen molar-refractivity contribution in [2.75, 3.05) is 25.2 Å². The number of benzene rings is 2. The van der Waals surface area contributed by atoms with Crippen molar-refractivity contribution in [1.82, 2.24) is 25.1 Å². The summed E-state index contributed by atoms with van der Waals surface area (Å²) in [6.07, 6.45) is 3.12. The first-order valence-corrected chi connectivity index (χ1v) is 14.7. The Labute approximate surface area is 226 Å². The number of ether oxygens (including phenoxy) is 1. The number of fused-ring (bicyclic) bond motifs is 2. The molecule has 0 aliphatic carbocycles. The van der Waals surface area contributed by atoms with E-state index in [2.05, 4.69) is 21.5 Å². The molecule has 2 N–H and O–H groups in total. The Morgan fingerprint density at radius 2 is 1.97 bits per heavy atom. The molecule has 0 bridgehead atoms. The van der Waals surface area contributed by atoms with Gasteiger partial charge in [0.05, 0.1) is 47.0 Å². The second kappa shape index (κ2) is 9.85. The number of aromatic amines is 1. The van der Waals surface area contributed by atoms with E-state index >= 15 is 0 Å². The Kier molecular flexibility index (Phi) is 6.34. The molecule has 1 unspecified atom stereocenters. The summed E-state index contributed by atoms with van der Waals surface area (Å²) in [6, 6.07) is 17.0. The minimum absolute atomic E-state index is 0.0177. The number of rotatable bonds is 7. The molecule has 2 aromatic carbocycles. The minimum Gasteiger partial charge on any atom is -0.497 e. The number of sulfone groups is 1. The van der Waals surface area contributed by atoms with Crippen LogP contribution in [0.15, 0.2) is 60.8 Å². The van der Waals surface area contributed by atoms with Gasteiger partial charge in [0, 0.05) is 29.2 Å². The molecule has 0 radical (unpaired) electrons. The fraction of sp³-hybridized carbons (Fsp3) is 0.276. The number of aromatic nitrogens is 4. The molecule has 4 heterocycles. The van der Waals surface area contributed by atoms with Crippen LogP contribution in [0.1, 0.15) is 34.1 Å². The van der Waals surface area contributed by atoms with E-state index in [-0.39, 0.29) is 23.5 Å². The van der Waals surface area contributed by atoms with Crippen molar-refractivity contribution >= 4 is 37.7 Å². The van der Waals surface area contributed by atoms with Crippen molar-refractivity contribution in [1.29, 1.82) is 0 Å². The SMILES string of the molecule is COc1ccc(-c2cc(C(=O)NCCc3c[nH]c4ccccc34)c3c(C)nn(C4CCS(=O)(=O)C4)c3n2)cc1. The molecule has 1 aliphatic heterocycles. The normalized spacial score (nSPS) is 16.6. The van der Waals surface area contributed by atoms with Crippen LogP contribution in [0.2, 0.25) is 0 Å². The van der Waals surface area contributed by atoms with Crippen LogP contribution in [-0.2, 0) is 16.3 Å². The summed E-state index contributed by atoms with van der Waals surface area (Å²) in [4.78, 5) is 21.8. The number of carbonyl (C=O) groups is 1. The largest absolute Gasteiger partial charge is 0.497 e. The number of hydrogen-bond donors (Lipinski definition) is 2. The van der Waals surface area contributed by atoms with E-state index in [0.29, 0.717) is 53.1 Å². The highest BCUT2D eigenvalue weighted by molar-refractivity contribution is 7.91. The maximum atomic E-state index is 13.6. The van der Waals surface area contributed by atoms with Gasteiger partial charge in [-0.25, -0.2) is 18.1 Å². The van der Waals surface area contributed by atoms with Gasteiger partial charge in [-0.05, 0) is 61.7 Å². The number of pyridine rings is 1. The van der Waals surface area contributed by atoms with Crippen molar-refractivity contribution in [2.45, 2.75) is 25.8 Å². The van der Waals surface area contributed by atoms with E-state index in [1.54, 1.807) is 17.9 Å². The van der Waals surface area contributed by atoms with Gasteiger partial charge in [0.2, 0.25) is 0 Å². The van der Waals surface area contributed by atoms with Gasteiger partial charge in [-0.15, -0.1) is 0 Å². The molecule has 1 atom stereocenters. The topological polar surface area (TPSA) is 119 Å². The van der Waals surface area contributed by atoms with E-state index in [0.717, 1.165) is 22.0 Å². The van der Waals surface area contributed by atoms with Crippen LogP contribution in [-0.4, -0.2) is 59.2 Å². The standard InChI is InChI=1S/C29H29N5O4S/c1-18-27-24(29(35)30-13-11-20-16-31-25-6-4-3-5-23(20)25)15-26(19-7-9-22(38-2)10-8-19)32-28(27)34(33-18)21-12-14-39(36,37)17-21/h3-10,15-16,21,31H,11-14,17H2,1-2H3,(H,30,35). The molecule has 1 saturated heterocycles. The minimum atomic E-state index is -3.13. The lowest BCUT2D eigenvalue weighted by molar-refractivity contribution is 0.0955. The smallest absolute Gasteiger partial charge is 0.252 e. The van der Waals surface area contributed by atoms with Crippen molar-refractivity contribution in [2.24, 2.45) is 0 Å². The van der Waals surface area contributed by atoms with Gasteiger partial charge >= 0.3 is 0 Å². The summed E-state index contributed by atoms with van der Waals surface area (Å²) in [5, 5.41) is 9.54. The third-order valence-electron chi connectivity index (χ3n) is 7.38. The van der Waals surface area contributed by atoms with Crippen molar-refractivity contribution in [3.8, 4) is 17.0 Å². The third kappa shape index (κ3) is 4.76. The van der Waals surface area contributed by atoms with Gasteiger partial charge in [0.25, 0.3) is 5.91 Å². The zero-order chi connectivity index (χ0) is 27.1. The Morgan fingerprint density at radius 3 is 2.72 bits per heavy atom. The summed E-state index contributed by atoms with van der Waals surface area (Å²) in [7, 11) is -1.53. The highest BCUT2D eigenvalue weighted by atomic mass is 32.2. The number of aryl methyl sites for hydroxylation is 1. The fourth-order valence-electron chi connectivity index (χ4n) is 5.37. The molecule has 10 heteroatoms. The van der Waals surface area contributed by atoms with E-state index < -0.39 is 9.84 Å². The average molecular weight is 544 g/mol. The molecular formula is C29H29N5O4S. The number of H-pyrrole nitrogens is 1. The lowest BCUT2D eigenvalue weighted by Crippen LogP contribution is -2.26. The lowest BCUT2D eigenvalue weighted by Gasteiger charge is -2.12. The first kappa shape index (κ1) is 25.1. The van der Waals surface area contributed by atoms with Crippen molar-refractivity contribution in [3.63, 3.8) is 0 Å². The van der Waals surface area contributed by atoms with Crippen LogP contribution in [0.3, 0.4) is 0 Å². The molecule has 0 saturated carbocycles. The van der Waals surface area contributed by atoms with Gasteiger partial charge in [-0.1, -0.05) is 18.2 Å². The van der Waals surface area contributed by atoms with Crippen molar-refractivity contribution in [3.05, 3.63) is 77.6 Å². The highest BCUT2D eigenvalue weighted by Crippen LogP contribution is 2.32. The van der Waals surface area contributed by atoms with Crippen LogP contribution in [0, 0.1) is 6.92 Å². The lowest BCUT2D eigenvalue weighted by atomic mass is 10.0. The molecule has 39 heavy (non-hydrogen) atoms. The number of nitrogens with zero attached hydrogens (tertiary/aromatic N) is 3. The van der Waals surface area contributed by atoms with E-state index in [9.17, 15) is 13.2 Å². The van der Waals surface area contributed by atoms with Crippen molar-refractivity contribution < 1.29 is 17.9 Å². The zero-order valence-corrected chi connectivity index (χ0v) is 22.6. The molecular weight excluding hydrogens is 514 g/mol. The Balaban J connectivity index is 1.37.